The highest BCUT2D eigenvalue weighted by Crippen LogP contribution is 2.32. The van der Waals surface area contributed by atoms with E-state index in [1.165, 1.54) is 18.9 Å². The molecule has 0 atom stereocenters. The van der Waals surface area contributed by atoms with E-state index in [9.17, 15) is 9.50 Å². The Balaban J connectivity index is 2.24. The first-order valence-electron chi connectivity index (χ1n) is 8.13. The molecule has 0 amide bonds. The lowest BCUT2D eigenvalue weighted by Crippen LogP contribution is -2.37. The molecule has 0 bridgehead atoms. The van der Waals surface area contributed by atoms with Gasteiger partial charge in [-0.2, -0.15) is 0 Å². The topological polar surface area (TPSA) is 35.5 Å². The van der Waals surface area contributed by atoms with Gasteiger partial charge in [-0.25, -0.2) is 4.39 Å². The van der Waals surface area contributed by atoms with E-state index in [0.29, 0.717) is 24.8 Å². The summed E-state index contributed by atoms with van der Waals surface area (Å²) in [6.07, 6.45) is 5.65. The zero-order chi connectivity index (χ0) is 15.1. The molecule has 0 radical (unpaired) electrons. The summed E-state index contributed by atoms with van der Waals surface area (Å²) in [5, 5.41) is 12.7. The van der Waals surface area contributed by atoms with Gasteiger partial charge in [-0.3, -0.25) is 0 Å². The molecule has 1 aromatic rings. The van der Waals surface area contributed by atoms with E-state index < -0.39 is 0 Å². The van der Waals surface area contributed by atoms with Crippen LogP contribution in [0.1, 0.15) is 44.6 Å². The molecule has 118 valence electrons. The average Bonchev–Trinajstić information content (AvgIpc) is 3.00. The van der Waals surface area contributed by atoms with Crippen LogP contribution in [0.2, 0.25) is 0 Å². The zero-order valence-electron chi connectivity index (χ0n) is 12.9. The maximum Gasteiger partial charge on any atom is 0.146 e. The van der Waals surface area contributed by atoms with Gasteiger partial charge in [0, 0.05) is 19.1 Å². The van der Waals surface area contributed by atoms with Gasteiger partial charge in [0.1, 0.15) is 5.82 Å². The summed E-state index contributed by atoms with van der Waals surface area (Å²) in [5.74, 6) is -0.175. The molecule has 1 fully saturated rings. The third kappa shape index (κ3) is 4.17. The van der Waals surface area contributed by atoms with Crippen LogP contribution in [-0.4, -0.2) is 30.8 Å². The molecule has 0 saturated heterocycles. The fourth-order valence-electron chi connectivity index (χ4n) is 3.22. The lowest BCUT2D eigenvalue weighted by atomic mass is 10.1. The lowest BCUT2D eigenvalue weighted by Gasteiger charge is -2.32. The number of benzene rings is 1. The van der Waals surface area contributed by atoms with Crippen LogP contribution in [-0.2, 0) is 6.54 Å². The SMILES string of the molecule is CCCNCc1cccc(F)c1N(CCO)C1CCCC1. The molecule has 2 N–H and O–H groups in total. The monoisotopic (exact) mass is 294 g/mol. The molecule has 3 nitrogen and oxygen atoms in total. The molecule has 0 aliphatic heterocycles. The van der Waals surface area contributed by atoms with Crippen molar-refractivity contribution in [2.45, 2.75) is 51.6 Å². The van der Waals surface area contributed by atoms with Crippen molar-refractivity contribution < 1.29 is 9.50 Å². The van der Waals surface area contributed by atoms with Crippen LogP contribution in [0.3, 0.4) is 0 Å². The minimum Gasteiger partial charge on any atom is -0.395 e. The number of halogens is 1. The second-order valence-electron chi connectivity index (χ2n) is 5.78. The third-order valence-electron chi connectivity index (χ3n) is 4.21. The number of hydrogen-bond donors (Lipinski definition) is 2. The van der Waals surface area contributed by atoms with E-state index in [1.54, 1.807) is 6.07 Å². The van der Waals surface area contributed by atoms with Crippen molar-refractivity contribution in [2.24, 2.45) is 0 Å². The predicted octanol–water partition coefficient (Wildman–Crippen LogP) is 3.07. The second kappa shape index (κ2) is 8.35. The van der Waals surface area contributed by atoms with Crippen molar-refractivity contribution in [3.8, 4) is 0 Å². The number of nitrogens with one attached hydrogen (secondary N) is 1. The molecule has 4 heteroatoms. The Labute approximate surface area is 127 Å². The highest BCUT2D eigenvalue weighted by Gasteiger charge is 2.26. The van der Waals surface area contributed by atoms with E-state index in [0.717, 1.165) is 31.4 Å². The molecular weight excluding hydrogens is 267 g/mol. The van der Waals surface area contributed by atoms with Crippen molar-refractivity contribution in [1.82, 2.24) is 5.32 Å². The Morgan fingerprint density at radius 3 is 2.76 bits per heavy atom. The number of aliphatic hydroxyl groups is 1. The van der Waals surface area contributed by atoms with Crippen molar-refractivity contribution in [3.05, 3.63) is 29.6 Å². The standard InChI is InChI=1S/C17H27FN2O/c1-2-10-19-13-14-6-5-9-16(18)17(14)20(11-12-21)15-7-3-4-8-15/h5-6,9,15,19,21H,2-4,7-8,10-13H2,1H3. The van der Waals surface area contributed by atoms with E-state index in [1.807, 2.05) is 6.07 Å². The van der Waals surface area contributed by atoms with Gasteiger partial charge in [0.15, 0.2) is 0 Å². The maximum atomic E-state index is 14.4. The fraction of sp³-hybridized carbons (Fsp3) is 0.647. The van der Waals surface area contributed by atoms with E-state index >= 15 is 0 Å². The lowest BCUT2D eigenvalue weighted by molar-refractivity contribution is 0.296. The molecule has 1 aliphatic carbocycles. The first-order chi connectivity index (χ1) is 10.3. The van der Waals surface area contributed by atoms with Crippen LogP contribution in [0, 0.1) is 5.82 Å². The van der Waals surface area contributed by atoms with E-state index in [-0.39, 0.29) is 12.4 Å². The van der Waals surface area contributed by atoms with Crippen LogP contribution in [0.25, 0.3) is 0 Å². The Bertz CT molecular complexity index is 433. The van der Waals surface area contributed by atoms with Crippen molar-refractivity contribution in [1.29, 1.82) is 0 Å². The van der Waals surface area contributed by atoms with Gasteiger partial charge in [-0.1, -0.05) is 31.9 Å². The van der Waals surface area contributed by atoms with Gasteiger partial charge >= 0.3 is 0 Å². The average molecular weight is 294 g/mol. The molecule has 0 aromatic heterocycles. The van der Waals surface area contributed by atoms with Crippen LogP contribution >= 0.6 is 0 Å². The predicted molar refractivity (Wildman–Crippen MR) is 85.1 cm³/mol. The number of para-hydroxylation sites is 1. The maximum absolute atomic E-state index is 14.4. The first kappa shape index (κ1) is 16.2. The van der Waals surface area contributed by atoms with E-state index in [2.05, 4.69) is 17.1 Å². The summed E-state index contributed by atoms with van der Waals surface area (Å²) in [4.78, 5) is 2.09. The smallest absolute Gasteiger partial charge is 0.146 e. The van der Waals surface area contributed by atoms with Gasteiger partial charge in [-0.15, -0.1) is 0 Å². The van der Waals surface area contributed by atoms with Crippen LogP contribution < -0.4 is 10.2 Å². The van der Waals surface area contributed by atoms with Crippen molar-refractivity contribution in [2.75, 3.05) is 24.6 Å². The fourth-order valence-corrected chi connectivity index (χ4v) is 3.22. The Morgan fingerprint density at radius 2 is 2.10 bits per heavy atom. The highest BCUT2D eigenvalue weighted by molar-refractivity contribution is 5.56. The van der Waals surface area contributed by atoms with Gasteiger partial charge < -0.3 is 15.3 Å². The second-order valence-corrected chi connectivity index (χ2v) is 5.78. The highest BCUT2D eigenvalue weighted by atomic mass is 19.1. The molecule has 21 heavy (non-hydrogen) atoms. The summed E-state index contributed by atoms with van der Waals surface area (Å²) in [7, 11) is 0. The molecular formula is C17H27FN2O. The third-order valence-corrected chi connectivity index (χ3v) is 4.21. The Kier molecular flexibility index (Phi) is 6.46. The number of nitrogens with zero attached hydrogens (tertiary/aromatic N) is 1. The number of hydrogen-bond acceptors (Lipinski definition) is 3. The van der Waals surface area contributed by atoms with Crippen LogP contribution in [0.4, 0.5) is 10.1 Å². The molecule has 1 aromatic carbocycles. The first-order valence-corrected chi connectivity index (χ1v) is 8.13. The largest absolute Gasteiger partial charge is 0.395 e. The Morgan fingerprint density at radius 1 is 1.33 bits per heavy atom. The van der Waals surface area contributed by atoms with Crippen LogP contribution in [0.5, 0.6) is 0 Å². The molecule has 0 unspecified atom stereocenters. The summed E-state index contributed by atoms with van der Waals surface area (Å²) in [6.45, 7) is 4.30. The normalized spacial score (nSPS) is 15.6. The van der Waals surface area contributed by atoms with Crippen molar-refractivity contribution >= 4 is 5.69 Å². The number of rotatable bonds is 8. The zero-order valence-corrected chi connectivity index (χ0v) is 12.9. The minimum atomic E-state index is -0.175. The number of aliphatic hydroxyl groups excluding tert-OH is 1. The van der Waals surface area contributed by atoms with Gasteiger partial charge in [0.2, 0.25) is 0 Å². The molecule has 1 saturated carbocycles. The summed E-state index contributed by atoms with van der Waals surface area (Å²) in [6, 6.07) is 5.64. The van der Waals surface area contributed by atoms with Gasteiger partial charge in [0.05, 0.1) is 12.3 Å². The Hall–Kier alpha value is -1.13. The summed E-state index contributed by atoms with van der Waals surface area (Å²) >= 11 is 0. The number of anilines is 1. The summed E-state index contributed by atoms with van der Waals surface area (Å²) < 4.78 is 14.4. The quantitative estimate of drug-likeness (QED) is 0.723. The molecule has 0 spiro atoms. The summed E-state index contributed by atoms with van der Waals surface area (Å²) in [5.41, 5.74) is 1.67. The van der Waals surface area contributed by atoms with E-state index in [4.69, 9.17) is 0 Å². The van der Waals surface area contributed by atoms with Crippen molar-refractivity contribution in [3.63, 3.8) is 0 Å². The molecule has 0 heterocycles. The van der Waals surface area contributed by atoms with Gasteiger partial charge in [0.25, 0.3) is 0 Å². The minimum absolute atomic E-state index is 0.0622. The van der Waals surface area contributed by atoms with Gasteiger partial charge in [-0.05, 0) is 37.4 Å². The molecule has 1 aliphatic rings. The molecule has 2 rings (SSSR count). The van der Waals surface area contributed by atoms with Crippen LogP contribution in [0.15, 0.2) is 18.2 Å².